The number of hydrogen-bond acceptors (Lipinski definition) is 3. The van der Waals surface area contributed by atoms with E-state index in [1.54, 1.807) is 13.1 Å². The Morgan fingerprint density at radius 2 is 2.38 bits per heavy atom. The maximum atomic E-state index is 11.1. The van der Waals surface area contributed by atoms with Gasteiger partial charge in [-0.05, 0) is 26.2 Å². The van der Waals surface area contributed by atoms with E-state index in [2.05, 4.69) is 9.55 Å². The van der Waals surface area contributed by atoms with Crippen LogP contribution in [0.5, 0.6) is 0 Å². The predicted octanol–water partition coefficient (Wildman–Crippen LogP) is 0.353. The van der Waals surface area contributed by atoms with Gasteiger partial charge in [0.2, 0.25) is 5.91 Å². The lowest BCUT2D eigenvalue weighted by Gasteiger charge is -2.20. The largest absolute Gasteiger partial charge is 0.368 e. The van der Waals surface area contributed by atoms with Crippen molar-refractivity contribution in [1.82, 2.24) is 9.55 Å². The van der Waals surface area contributed by atoms with Crippen LogP contribution in [0.4, 0.5) is 0 Å². The third kappa shape index (κ3) is 2.24. The van der Waals surface area contributed by atoms with Crippen LogP contribution in [-0.4, -0.2) is 21.0 Å². The standard InChI is InChI=1S/C11H18N4O/c1-11(13,10(12)16)4-6-15-7-5-14-9(15)8-2-3-8/h5,7-8H,2-4,6,13H2,1H3,(H2,12,16). The van der Waals surface area contributed by atoms with E-state index < -0.39 is 11.4 Å². The molecule has 0 spiro atoms. The van der Waals surface area contributed by atoms with Gasteiger partial charge in [0.05, 0.1) is 5.54 Å². The molecule has 1 atom stereocenters. The average Bonchev–Trinajstić information content (AvgIpc) is 2.95. The van der Waals surface area contributed by atoms with Gasteiger partial charge in [-0.3, -0.25) is 4.79 Å². The van der Waals surface area contributed by atoms with Gasteiger partial charge < -0.3 is 16.0 Å². The van der Waals surface area contributed by atoms with Crippen LogP contribution in [0.15, 0.2) is 12.4 Å². The normalized spacial score (nSPS) is 19.4. The predicted molar refractivity (Wildman–Crippen MR) is 60.6 cm³/mol. The van der Waals surface area contributed by atoms with Crippen molar-refractivity contribution in [2.24, 2.45) is 11.5 Å². The zero-order chi connectivity index (χ0) is 11.8. The van der Waals surface area contributed by atoms with Crippen molar-refractivity contribution >= 4 is 5.91 Å². The van der Waals surface area contributed by atoms with Gasteiger partial charge in [0.15, 0.2) is 0 Å². The summed E-state index contributed by atoms with van der Waals surface area (Å²) in [5, 5.41) is 0. The zero-order valence-electron chi connectivity index (χ0n) is 9.52. The molecule has 0 radical (unpaired) electrons. The number of imidazole rings is 1. The number of primary amides is 1. The summed E-state index contributed by atoms with van der Waals surface area (Å²) in [4.78, 5) is 15.4. The van der Waals surface area contributed by atoms with Gasteiger partial charge in [-0.15, -0.1) is 0 Å². The Bertz CT molecular complexity index is 392. The number of carbonyl (C=O) groups excluding carboxylic acids is 1. The molecule has 1 aromatic rings. The van der Waals surface area contributed by atoms with Crippen LogP contribution in [0, 0.1) is 0 Å². The summed E-state index contributed by atoms with van der Waals surface area (Å²) in [6.07, 6.45) is 6.70. The minimum Gasteiger partial charge on any atom is -0.368 e. The Balaban J connectivity index is 1.99. The Hall–Kier alpha value is -1.36. The fourth-order valence-electron chi connectivity index (χ4n) is 1.69. The third-order valence-electron chi connectivity index (χ3n) is 3.13. The third-order valence-corrected chi connectivity index (χ3v) is 3.13. The van der Waals surface area contributed by atoms with Crippen molar-refractivity contribution in [2.75, 3.05) is 0 Å². The van der Waals surface area contributed by atoms with Crippen molar-refractivity contribution < 1.29 is 4.79 Å². The van der Waals surface area contributed by atoms with Crippen molar-refractivity contribution in [3.63, 3.8) is 0 Å². The number of carbonyl (C=O) groups is 1. The molecule has 0 bridgehead atoms. The van der Waals surface area contributed by atoms with Gasteiger partial charge in [-0.25, -0.2) is 4.98 Å². The molecule has 4 N–H and O–H groups in total. The molecule has 1 aromatic heterocycles. The van der Waals surface area contributed by atoms with Crippen molar-refractivity contribution in [3.05, 3.63) is 18.2 Å². The minimum absolute atomic E-state index is 0.458. The van der Waals surface area contributed by atoms with Gasteiger partial charge >= 0.3 is 0 Å². The number of aryl methyl sites for hydroxylation is 1. The molecule has 0 aromatic carbocycles. The van der Waals surface area contributed by atoms with E-state index in [0.717, 1.165) is 5.82 Å². The number of rotatable bonds is 5. The molecule has 0 saturated heterocycles. The van der Waals surface area contributed by atoms with E-state index in [1.807, 2.05) is 6.20 Å². The van der Waals surface area contributed by atoms with Crippen molar-refractivity contribution in [2.45, 2.75) is 44.2 Å². The van der Waals surface area contributed by atoms with Gasteiger partial charge in [-0.1, -0.05) is 0 Å². The molecule has 2 rings (SSSR count). The van der Waals surface area contributed by atoms with Crippen LogP contribution in [0.25, 0.3) is 0 Å². The Morgan fingerprint density at radius 3 is 2.94 bits per heavy atom. The first-order valence-corrected chi connectivity index (χ1v) is 5.60. The van der Waals surface area contributed by atoms with Crippen LogP contribution in [0.2, 0.25) is 0 Å². The molecule has 1 unspecified atom stereocenters. The molecule has 1 heterocycles. The highest BCUT2D eigenvalue weighted by molar-refractivity contribution is 5.83. The Labute approximate surface area is 94.8 Å². The summed E-state index contributed by atoms with van der Waals surface area (Å²) in [5.41, 5.74) is 10.1. The molecule has 88 valence electrons. The lowest BCUT2D eigenvalue weighted by molar-refractivity contribution is -0.122. The lowest BCUT2D eigenvalue weighted by Crippen LogP contribution is -2.49. The lowest BCUT2D eigenvalue weighted by atomic mass is 9.99. The van der Waals surface area contributed by atoms with Gasteiger partial charge in [-0.2, -0.15) is 0 Å². The average molecular weight is 222 g/mol. The molecule has 1 aliphatic carbocycles. The van der Waals surface area contributed by atoms with Crippen LogP contribution in [0.3, 0.4) is 0 Å². The molecule has 0 aliphatic heterocycles. The molecule has 1 saturated carbocycles. The number of nitrogens with two attached hydrogens (primary N) is 2. The first-order valence-electron chi connectivity index (χ1n) is 5.60. The van der Waals surface area contributed by atoms with Crippen LogP contribution < -0.4 is 11.5 Å². The first-order chi connectivity index (χ1) is 7.50. The number of nitrogens with zero attached hydrogens (tertiary/aromatic N) is 2. The van der Waals surface area contributed by atoms with E-state index in [1.165, 1.54) is 12.8 Å². The summed E-state index contributed by atoms with van der Waals surface area (Å²) in [5.74, 6) is 1.26. The number of aromatic nitrogens is 2. The van der Waals surface area contributed by atoms with E-state index in [-0.39, 0.29) is 0 Å². The molecule has 1 fully saturated rings. The van der Waals surface area contributed by atoms with Gasteiger partial charge in [0, 0.05) is 24.9 Å². The van der Waals surface area contributed by atoms with Crippen molar-refractivity contribution in [3.8, 4) is 0 Å². The summed E-state index contributed by atoms with van der Waals surface area (Å²) in [6.45, 7) is 2.37. The highest BCUT2D eigenvalue weighted by Crippen LogP contribution is 2.39. The maximum Gasteiger partial charge on any atom is 0.237 e. The number of amides is 1. The fraction of sp³-hybridized carbons (Fsp3) is 0.636. The van der Waals surface area contributed by atoms with E-state index in [4.69, 9.17) is 11.5 Å². The first kappa shape index (κ1) is 11.1. The molecular weight excluding hydrogens is 204 g/mol. The molecule has 16 heavy (non-hydrogen) atoms. The fourth-order valence-corrected chi connectivity index (χ4v) is 1.69. The Kier molecular flexibility index (Phi) is 2.71. The highest BCUT2D eigenvalue weighted by atomic mass is 16.1. The summed E-state index contributed by atoms with van der Waals surface area (Å²) >= 11 is 0. The van der Waals surface area contributed by atoms with E-state index in [0.29, 0.717) is 18.9 Å². The second-order valence-corrected chi connectivity index (χ2v) is 4.78. The van der Waals surface area contributed by atoms with Gasteiger partial charge in [0.25, 0.3) is 0 Å². The molecule has 5 nitrogen and oxygen atoms in total. The molecular formula is C11H18N4O. The van der Waals surface area contributed by atoms with Crippen LogP contribution in [-0.2, 0) is 11.3 Å². The second-order valence-electron chi connectivity index (χ2n) is 4.78. The summed E-state index contributed by atoms with van der Waals surface area (Å²) in [6, 6.07) is 0. The summed E-state index contributed by atoms with van der Waals surface area (Å²) in [7, 11) is 0. The van der Waals surface area contributed by atoms with Crippen molar-refractivity contribution in [1.29, 1.82) is 0 Å². The quantitative estimate of drug-likeness (QED) is 0.753. The zero-order valence-corrected chi connectivity index (χ0v) is 9.52. The highest BCUT2D eigenvalue weighted by Gasteiger charge is 2.29. The van der Waals surface area contributed by atoms with E-state index in [9.17, 15) is 4.79 Å². The molecule has 1 aliphatic rings. The maximum absolute atomic E-state index is 11.1. The minimum atomic E-state index is -0.939. The van der Waals surface area contributed by atoms with E-state index >= 15 is 0 Å². The van der Waals surface area contributed by atoms with Crippen LogP contribution in [0.1, 0.15) is 37.9 Å². The summed E-state index contributed by atoms with van der Waals surface area (Å²) < 4.78 is 2.08. The smallest absolute Gasteiger partial charge is 0.237 e. The molecule has 5 heteroatoms. The second kappa shape index (κ2) is 3.90. The topological polar surface area (TPSA) is 86.9 Å². The number of hydrogen-bond donors (Lipinski definition) is 2. The Morgan fingerprint density at radius 1 is 1.69 bits per heavy atom. The van der Waals surface area contributed by atoms with Gasteiger partial charge in [0.1, 0.15) is 5.82 Å². The molecule has 1 amide bonds. The SMILES string of the molecule is CC(N)(CCn1ccnc1C1CC1)C(N)=O. The van der Waals surface area contributed by atoms with Crippen LogP contribution >= 0.6 is 0 Å². The monoisotopic (exact) mass is 222 g/mol.